The van der Waals surface area contributed by atoms with Gasteiger partial charge in [0.1, 0.15) is 6.61 Å². The van der Waals surface area contributed by atoms with Crippen molar-refractivity contribution in [3.63, 3.8) is 0 Å². The zero-order chi connectivity index (χ0) is 14.4. The summed E-state index contributed by atoms with van der Waals surface area (Å²) in [6.07, 6.45) is 4.72. The van der Waals surface area contributed by atoms with Gasteiger partial charge in [-0.05, 0) is 38.1 Å². The molecule has 0 radical (unpaired) electrons. The first kappa shape index (κ1) is 14.5. The monoisotopic (exact) mass is 279 g/mol. The van der Waals surface area contributed by atoms with Crippen LogP contribution in [0, 0.1) is 5.82 Å². The summed E-state index contributed by atoms with van der Waals surface area (Å²) in [5.41, 5.74) is 0.439. The third-order valence-electron chi connectivity index (χ3n) is 3.26. The summed E-state index contributed by atoms with van der Waals surface area (Å²) in [7, 11) is 0. The van der Waals surface area contributed by atoms with E-state index in [0.717, 1.165) is 25.7 Å². The number of carbonyl (C=O) groups is 1. The maximum atomic E-state index is 13.8. The molecule has 2 rings (SSSR count). The van der Waals surface area contributed by atoms with Crippen LogP contribution >= 0.6 is 0 Å². The number of hydrogen-bond acceptors (Lipinski definition) is 3. The molecule has 0 spiro atoms. The number of carboxylic acid groups (broad SMARTS) is 1. The Morgan fingerprint density at radius 2 is 2.15 bits per heavy atom. The van der Waals surface area contributed by atoms with Gasteiger partial charge in [-0.1, -0.05) is 12.1 Å². The van der Waals surface area contributed by atoms with Gasteiger partial charge in [-0.25, -0.2) is 9.18 Å². The number of rotatable bonds is 6. The van der Waals surface area contributed by atoms with E-state index in [2.05, 4.69) is 4.90 Å². The van der Waals surface area contributed by atoms with Gasteiger partial charge in [0.25, 0.3) is 0 Å². The Hall–Kier alpha value is -1.88. The van der Waals surface area contributed by atoms with E-state index >= 15 is 0 Å². The minimum absolute atomic E-state index is 0.115. The lowest BCUT2D eigenvalue weighted by molar-refractivity contribution is -0.131. The zero-order valence-electron chi connectivity index (χ0n) is 11.2. The van der Waals surface area contributed by atoms with Crippen LogP contribution in [0.3, 0.4) is 0 Å². The van der Waals surface area contributed by atoms with Crippen LogP contribution < -0.4 is 4.74 Å². The van der Waals surface area contributed by atoms with Gasteiger partial charge < -0.3 is 9.84 Å². The highest BCUT2D eigenvalue weighted by Gasteiger charge is 2.12. The molecule has 0 aliphatic carbocycles. The van der Waals surface area contributed by atoms with Crippen LogP contribution in [0.5, 0.6) is 5.75 Å². The van der Waals surface area contributed by atoms with Crippen molar-refractivity contribution < 1.29 is 19.0 Å². The van der Waals surface area contributed by atoms with Crippen LogP contribution in [0.2, 0.25) is 0 Å². The number of ether oxygens (including phenoxy) is 1. The Morgan fingerprint density at radius 3 is 2.85 bits per heavy atom. The van der Waals surface area contributed by atoms with E-state index in [-0.39, 0.29) is 5.75 Å². The first-order chi connectivity index (χ1) is 9.66. The fourth-order valence-electron chi connectivity index (χ4n) is 2.25. The third-order valence-corrected chi connectivity index (χ3v) is 3.26. The van der Waals surface area contributed by atoms with Gasteiger partial charge in [-0.3, -0.25) is 4.90 Å². The van der Waals surface area contributed by atoms with E-state index in [4.69, 9.17) is 9.84 Å². The van der Waals surface area contributed by atoms with Crippen LogP contribution in [-0.4, -0.2) is 42.2 Å². The van der Waals surface area contributed by atoms with Crippen molar-refractivity contribution in [3.8, 4) is 5.75 Å². The Labute approximate surface area is 117 Å². The van der Waals surface area contributed by atoms with Crippen molar-refractivity contribution in [2.24, 2.45) is 0 Å². The highest BCUT2D eigenvalue weighted by molar-refractivity contribution is 5.85. The van der Waals surface area contributed by atoms with E-state index in [1.54, 1.807) is 6.07 Å². The van der Waals surface area contributed by atoms with Crippen LogP contribution in [0.4, 0.5) is 4.39 Å². The van der Waals surface area contributed by atoms with E-state index in [0.29, 0.717) is 12.2 Å². The topological polar surface area (TPSA) is 49.8 Å². The molecule has 1 heterocycles. The molecular weight excluding hydrogens is 261 g/mol. The van der Waals surface area contributed by atoms with Gasteiger partial charge in [0, 0.05) is 18.2 Å². The first-order valence-corrected chi connectivity index (χ1v) is 6.71. The first-order valence-electron chi connectivity index (χ1n) is 6.71. The molecule has 0 saturated carbocycles. The van der Waals surface area contributed by atoms with E-state index in [1.165, 1.54) is 31.1 Å². The number of para-hydroxylation sites is 1. The Morgan fingerprint density at radius 1 is 1.40 bits per heavy atom. The predicted octanol–water partition coefficient (Wildman–Crippen LogP) is 2.40. The Bertz CT molecular complexity index is 496. The van der Waals surface area contributed by atoms with Crippen LogP contribution in [-0.2, 0) is 4.79 Å². The fraction of sp³-hybridized carbons (Fsp3) is 0.400. The molecule has 0 aromatic heterocycles. The van der Waals surface area contributed by atoms with E-state index < -0.39 is 11.8 Å². The summed E-state index contributed by atoms with van der Waals surface area (Å²) < 4.78 is 19.3. The molecular formula is C15H18FNO3. The van der Waals surface area contributed by atoms with Crippen LogP contribution in [0.15, 0.2) is 24.3 Å². The molecule has 1 aromatic carbocycles. The third kappa shape index (κ3) is 4.06. The SMILES string of the molecule is O=C(O)/C=C/c1cccc(F)c1OCCN1CCCC1. The molecule has 4 nitrogen and oxygen atoms in total. The molecule has 1 aliphatic heterocycles. The lowest BCUT2D eigenvalue weighted by Crippen LogP contribution is -2.25. The second-order valence-electron chi connectivity index (χ2n) is 4.73. The average Bonchev–Trinajstić information content (AvgIpc) is 2.92. The molecule has 1 N–H and O–H groups in total. The number of hydrogen-bond donors (Lipinski definition) is 1. The maximum absolute atomic E-state index is 13.8. The summed E-state index contributed by atoms with van der Waals surface area (Å²) in [5, 5.41) is 8.63. The van der Waals surface area contributed by atoms with Gasteiger partial charge in [0.2, 0.25) is 0 Å². The standard InChI is InChI=1S/C15H18FNO3/c16-13-5-3-4-12(6-7-14(18)19)15(13)20-11-10-17-8-1-2-9-17/h3-7H,1-2,8-11H2,(H,18,19)/b7-6+. The van der Waals surface area contributed by atoms with E-state index in [9.17, 15) is 9.18 Å². The van der Waals surface area contributed by atoms with E-state index in [1.807, 2.05) is 0 Å². The van der Waals surface area contributed by atoms with Gasteiger partial charge in [0.15, 0.2) is 11.6 Å². The second-order valence-corrected chi connectivity index (χ2v) is 4.73. The molecule has 5 heteroatoms. The molecule has 20 heavy (non-hydrogen) atoms. The molecule has 0 amide bonds. The predicted molar refractivity (Wildman–Crippen MR) is 74.2 cm³/mol. The van der Waals surface area contributed by atoms with Crippen LogP contribution in [0.25, 0.3) is 6.08 Å². The van der Waals surface area contributed by atoms with Crippen LogP contribution in [0.1, 0.15) is 18.4 Å². The highest BCUT2D eigenvalue weighted by Crippen LogP contribution is 2.24. The molecule has 108 valence electrons. The normalized spacial score (nSPS) is 15.8. The number of likely N-dealkylation sites (tertiary alicyclic amines) is 1. The largest absolute Gasteiger partial charge is 0.489 e. The molecule has 1 aromatic rings. The lowest BCUT2D eigenvalue weighted by Gasteiger charge is -2.16. The maximum Gasteiger partial charge on any atom is 0.328 e. The minimum Gasteiger partial charge on any atom is -0.489 e. The smallest absolute Gasteiger partial charge is 0.328 e. The summed E-state index contributed by atoms with van der Waals surface area (Å²) in [4.78, 5) is 12.8. The number of nitrogens with zero attached hydrogens (tertiary/aromatic N) is 1. The summed E-state index contributed by atoms with van der Waals surface area (Å²) in [5.74, 6) is -1.43. The summed E-state index contributed by atoms with van der Waals surface area (Å²) in [6, 6.07) is 4.47. The van der Waals surface area contributed by atoms with Crippen molar-refractivity contribution >= 4 is 12.0 Å². The quantitative estimate of drug-likeness (QED) is 0.812. The highest BCUT2D eigenvalue weighted by atomic mass is 19.1. The lowest BCUT2D eigenvalue weighted by atomic mass is 10.2. The van der Waals surface area contributed by atoms with Gasteiger partial charge in [-0.15, -0.1) is 0 Å². The molecule has 0 bridgehead atoms. The van der Waals surface area contributed by atoms with Gasteiger partial charge in [-0.2, -0.15) is 0 Å². The van der Waals surface area contributed by atoms with Crippen molar-refractivity contribution in [2.45, 2.75) is 12.8 Å². The van der Waals surface area contributed by atoms with Gasteiger partial charge in [0.05, 0.1) is 0 Å². The molecule has 1 aliphatic rings. The molecule has 1 saturated heterocycles. The summed E-state index contributed by atoms with van der Waals surface area (Å²) in [6.45, 7) is 3.28. The van der Waals surface area contributed by atoms with Crippen molar-refractivity contribution in [1.29, 1.82) is 0 Å². The van der Waals surface area contributed by atoms with Crippen molar-refractivity contribution in [2.75, 3.05) is 26.2 Å². The minimum atomic E-state index is -1.07. The van der Waals surface area contributed by atoms with Gasteiger partial charge >= 0.3 is 5.97 Å². The van der Waals surface area contributed by atoms with Crippen molar-refractivity contribution in [1.82, 2.24) is 4.90 Å². The molecule has 0 unspecified atom stereocenters. The number of aliphatic carboxylic acids is 1. The fourth-order valence-corrected chi connectivity index (χ4v) is 2.25. The molecule has 1 fully saturated rings. The second kappa shape index (κ2) is 7.05. The Balaban J connectivity index is 1.99. The average molecular weight is 279 g/mol. The molecule has 0 atom stereocenters. The number of carboxylic acids is 1. The van der Waals surface area contributed by atoms with Crippen molar-refractivity contribution in [3.05, 3.63) is 35.7 Å². The Kier molecular flexibility index (Phi) is 5.12. The summed E-state index contributed by atoms with van der Waals surface area (Å²) >= 11 is 0. The zero-order valence-corrected chi connectivity index (χ0v) is 11.2. The number of benzene rings is 1. The number of halogens is 1.